The van der Waals surface area contributed by atoms with Gasteiger partial charge in [0.05, 0.1) is 0 Å². The molecule has 0 bridgehead atoms. The molecule has 1 heterocycles. The number of rotatable bonds is 1. The van der Waals surface area contributed by atoms with Crippen molar-refractivity contribution in [3.05, 3.63) is 35.6 Å². The van der Waals surface area contributed by atoms with Crippen molar-refractivity contribution in [1.82, 2.24) is 0 Å². The van der Waals surface area contributed by atoms with E-state index in [9.17, 15) is 0 Å². The minimum absolute atomic E-state index is 0.778. The summed E-state index contributed by atoms with van der Waals surface area (Å²) in [5, 5.41) is 0. The SMILES string of the molecule is C/C(=C1\CO1)c1cccc(N)c1. The number of anilines is 1. The van der Waals surface area contributed by atoms with Crippen molar-refractivity contribution in [3.8, 4) is 0 Å². The fourth-order valence-electron chi connectivity index (χ4n) is 1.19. The third-order valence-corrected chi connectivity index (χ3v) is 2.03. The Bertz CT molecular complexity index is 335. The number of nitrogen functional groups attached to an aromatic ring is 1. The maximum atomic E-state index is 5.65. The molecule has 0 atom stereocenters. The maximum Gasteiger partial charge on any atom is 0.145 e. The Labute approximate surface area is 71.6 Å². The average Bonchev–Trinajstić information content (AvgIpc) is 2.85. The third-order valence-electron chi connectivity index (χ3n) is 2.03. The van der Waals surface area contributed by atoms with Gasteiger partial charge in [-0.25, -0.2) is 0 Å². The number of ether oxygens (including phenoxy) is 1. The molecule has 1 aromatic carbocycles. The van der Waals surface area contributed by atoms with Gasteiger partial charge in [0.1, 0.15) is 12.4 Å². The van der Waals surface area contributed by atoms with Crippen LogP contribution in [0.15, 0.2) is 30.0 Å². The Kier molecular flexibility index (Phi) is 1.54. The minimum Gasteiger partial charge on any atom is -0.486 e. The molecule has 1 aliphatic rings. The van der Waals surface area contributed by atoms with Crippen molar-refractivity contribution in [2.75, 3.05) is 12.3 Å². The first-order valence-electron chi connectivity index (χ1n) is 3.96. The van der Waals surface area contributed by atoms with Crippen LogP contribution in [0.25, 0.3) is 5.57 Å². The molecule has 0 spiro atoms. The topological polar surface area (TPSA) is 38.5 Å². The highest BCUT2D eigenvalue weighted by molar-refractivity contribution is 5.69. The van der Waals surface area contributed by atoms with E-state index in [1.165, 1.54) is 5.57 Å². The van der Waals surface area contributed by atoms with E-state index in [1.54, 1.807) is 0 Å². The number of hydrogen-bond acceptors (Lipinski definition) is 2. The average molecular weight is 161 g/mol. The van der Waals surface area contributed by atoms with Crippen LogP contribution in [0.2, 0.25) is 0 Å². The Morgan fingerprint density at radius 2 is 2.25 bits per heavy atom. The Hall–Kier alpha value is -1.44. The van der Waals surface area contributed by atoms with Crippen molar-refractivity contribution in [3.63, 3.8) is 0 Å². The third kappa shape index (κ3) is 1.28. The van der Waals surface area contributed by atoms with Crippen LogP contribution in [-0.2, 0) is 4.74 Å². The lowest BCUT2D eigenvalue weighted by Crippen LogP contribution is -1.86. The Morgan fingerprint density at radius 1 is 1.50 bits per heavy atom. The van der Waals surface area contributed by atoms with Crippen molar-refractivity contribution in [1.29, 1.82) is 0 Å². The van der Waals surface area contributed by atoms with E-state index in [1.807, 2.05) is 24.3 Å². The Balaban J connectivity index is 2.40. The van der Waals surface area contributed by atoms with E-state index in [0.717, 1.165) is 23.6 Å². The first kappa shape index (κ1) is 7.22. The van der Waals surface area contributed by atoms with Crippen LogP contribution in [0, 0.1) is 0 Å². The normalized spacial score (nSPS) is 18.4. The molecule has 2 heteroatoms. The summed E-state index contributed by atoms with van der Waals surface area (Å²) in [6.07, 6.45) is 0. The highest BCUT2D eigenvalue weighted by atomic mass is 16.6. The maximum absolute atomic E-state index is 5.65. The van der Waals surface area contributed by atoms with Crippen LogP contribution < -0.4 is 5.73 Å². The summed E-state index contributed by atoms with van der Waals surface area (Å²) < 4.78 is 5.10. The van der Waals surface area contributed by atoms with Crippen molar-refractivity contribution in [2.24, 2.45) is 0 Å². The summed E-state index contributed by atoms with van der Waals surface area (Å²) in [5.41, 5.74) is 8.80. The molecule has 1 aromatic rings. The summed E-state index contributed by atoms with van der Waals surface area (Å²) in [4.78, 5) is 0. The number of epoxide rings is 1. The van der Waals surface area contributed by atoms with Crippen LogP contribution in [-0.4, -0.2) is 6.61 Å². The van der Waals surface area contributed by atoms with Crippen LogP contribution in [0.1, 0.15) is 12.5 Å². The minimum atomic E-state index is 0.778. The van der Waals surface area contributed by atoms with Gasteiger partial charge in [0, 0.05) is 5.69 Å². The van der Waals surface area contributed by atoms with Gasteiger partial charge >= 0.3 is 0 Å². The van der Waals surface area contributed by atoms with E-state index >= 15 is 0 Å². The molecule has 1 saturated heterocycles. The smallest absolute Gasteiger partial charge is 0.145 e. The number of hydrogen-bond donors (Lipinski definition) is 1. The van der Waals surface area contributed by atoms with Gasteiger partial charge in [-0.05, 0) is 30.2 Å². The summed E-state index contributed by atoms with van der Waals surface area (Å²) in [6, 6.07) is 7.84. The second kappa shape index (κ2) is 2.55. The summed E-state index contributed by atoms with van der Waals surface area (Å²) in [7, 11) is 0. The predicted molar refractivity (Wildman–Crippen MR) is 49.4 cm³/mol. The fraction of sp³-hybridized carbons (Fsp3) is 0.200. The largest absolute Gasteiger partial charge is 0.486 e. The fourth-order valence-corrected chi connectivity index (χ4v) is 1.19. The quantitative estimate of drug-likeness (QED) is 0.505. The van der Waals surface area contributed by atoms with E-state index in [2.05, 4.69) is 6.92 Å². The van der Waals surface area contributed by atoms with Gasteiger partial charge in [-0.1, -0.05) is 12.1 Å². The molecule has 1 fully saturated rings. The van der Waals surface area contributed by atoms with Gasteiger partial charge in [-0.15, -0.1) is 0 Å². The Morgan fingerprint density at radius 3 is 2.83 bits per heavy atom. The van der Waals surface area contributed by atoms with Crippen molar-refractivity contribution >= 4 is 11.3 Å². The number of nitrogens with two attached hydrogens (primary N) is 1. The lowest BCUT2D eigenvalue weighted by Gasteiger charge is -1.99. The van der Waals surface area contributed by atoms with E-state index in [0.29, 0.717) is 0 Å². The molecule has 2 nitrogen and oxygen atoms in total. The molecule has 2 rings (SSSR count). The molecule has 0 aliphatic carbocycles. The number of allylic oxidation sites excluding steroid dienone is 1. The predicted octanol–water partition coefficient (Wildman–Crippen LogP) is 2.03. The molecule has 0 amide bonds. The van der Waals surface area contributed by atoms with E-state index in [4.69, 9.17) is 10.5 Å². The van der Waals surface area contributed by atoms with E-state index in [-0.39, 0.29) is 0 Å². The van der Waals surface area contributed by atoms with Gasteiger partial charge in [-0.3, -0.25) is 0 Å². The highest BCUT2D eigenvalue weighted by Gasteiger charge is 2.17. The molecule has 0 unspecified atom stereocenters. The van der Waals surface area contributed by atoms with Crippen LogP contribution in [0.5, 0.6) is 0 Å². The first-order valence-corrected chi connectivity index (χ1v) is 3.96. The molecule has 2 N–H and O–H groups in total. The van der Waals surface area contributed by atoms with Crippen LogP contribution in [0.4, 0.5) is 5.69 Å². The second-order valence-corrected chi connectivity index (χ2v) is 2.96. The van der Waals surface area contributed by atoms with Crippen molar-refractivity contribution < 1.29 is 4.74 Å². The van der Waals surface area contributed by atoms with Gasteiger partial charge in [0.25, 0.3) is 0 Å². The highest BCUT2D eigenvalue weighted by Crippen LogP contribution is 2.27. The van der Waals surface area contributed by atoms with E-state index < -0.39 is 0 Å². The zero-order valence-corrected chi connectivity index (χ0v) is 7.00. The van der Waals surface area contributed by atoms with Crippen LogP contribution in [0.3, 0.4) is 0 Å². The lowest BCUT2D eigenvalue weighted by molar-refractivity contribution is 0.510. The second-order valence-electron chi connectivity index (χ2n) is 2.96. The molecule has 0 radical (unpaired) electrons. The number of benzene rings is 1. The van der Waals surface area contributed by atoms with Gasteiger partial charge < -0.3 is 10.5 Å². The lowest BCUT2D eigenvalue weighted by atomic mass is 10.1. The first-order chi connectivity index (χ1) is 5.77. The molecule has 62 valence electrons. The van der Waals surface area contributed by atoms with Gasteiger partial charge in [0.15, 0.2) is 0 Å². The molecule has 0 aromatic heterocycles. The molecule has 1 aliphatic heterocycles. The van der Waals surface area contributed by atoms with Gasteiger partial charge in [-0.2, -0.15) is 0 Å². The van der Waals surface area contributed by atoms with Gasteiger partial charge in [0.2, 0.25) is 0 Å². The monoisotopic (exact) mass is 161 g/mol. The molecule has 12 heavy (non-hydrogen) atoms. The molecular weight excluding hydrogens is 150 g/mol. The standard InChI is InChI=1S/C10H11NO/c1-7(10-6-12-10)8-3-2-4-9(11)5-8/h2-5H,6,11H2,1H3/b10-7-. The summed E-state index contributed by atoms with van der Waals surface area (Å²) in [5.74, 6) is 1.08. The summed E-state index contributed by atoms with van der Waals surface area (Å²) >= 11 is 0. The molecular formula is C10H11NO. The van der Waals surface area contributed by atoms with Crippen LogP contribution >= 0.6 is 0 Å². The van der Waals surface area contributed by atoms with Crippen molar-refractivity contribution in [2.45, 2.75) is 6.92 Å². The zero-order valence-electron chi connectivity index (χ0n) is 7.00. The molecule has 0 saturated carbocycles. The summed E-state index contributed by atoms with van der Waals surface area (Å²) in [6.45, 7) is 2.83. The zero-order chi connectivity index (χ0) is 8.55.